The SMILES string of the molecule is COc1cc(CNC(=O)CCCCCCC(C)C)ccc1OC(=O)c1ccc(O)cc1. The summed E-state index contributed by atoms with van der Waals surface area (Å²) in [7, 11) is 1.49. The van der Waals surface area contributed by atoms with Crippen LogP contribution in [0.15, 0.2) is 42.5 Å². The number of hydrogen-bond acceptors (Lipinski definition) is 5. The lowest BCUT2D eigenvalue weighted by molar-refractivity contribution is -0.121. The van der Waals surface area contributed by atoms with Gasteiger partial charge in [0.15, 0.2) is 11.5 Å². The van der Waals surface area contributed by atoms with Crippen LogP contribution >= 0.6 is 0 Å². The van der Waals surface area contributed by atoms with Gasteiger partial charge in [0.1, 0.15) is 5.75 Å². The Labute approximate surface area is 184 Å². The van der Waals surface area contributed by atoms with Gasteiger partial charge < -0.3 is 19.9 Å². The van der Waals surface area contributed by atoms with Crippen LogP contribution < -0.4 is 14.8 Å². The zero-order valence-corrected chi connectivity index (χ0v) is 18.6. The molecule has 6 nitrogen and oxygen atoms in total. The van der Waals surface area contributed by atoms with E-state index >= 15 is 0 Å². The Kier molecular flexibility index (Phi) is 9.88. The van der Waals surface area contributed by atoms with Crippen molar-refractivity contribution >= 4 is 11.9 Å². The average molecular weight is 428 g/mol. The Morgan fingerprint density at radius 3 is 2.35 bits per heavy atom. The fourth-order valence-electron chi connectivity index (χ4n) is 3.14. The van der Waals surface area contributed by atoms with E-state index in [0.717, 1.165) is 24.3 Å². The molecule has 0 aliphatic heterocycles. The van der Waals surface area contributed by atoms with E-state index in [1.54, 1.807) is 18.2 Å². The minimum absolute atomic E-state index is 0.0330. The Hall–Kier alpha value is -3.02. The molecule has 6 heteroatoms. The summed E-state index contributed by atoms with van der Waals surface area (Å²) >= 11 is 0. The largest absolute Gasteiger partial charge is 0.508 e. The molecule has 0 unspecified atom stereocenters. The number of aromatic hydroxyl groups is 1. The van der Waals surface area contributed by atoms with E-state index in [1.807, 2.05) is 0 Å². The van der Waals surface area contributed by atoms with Crippen LogP contribution in [0.2, 0.25) is 0 Å². The summed E-state index contributed by atoms with van der Waals surface area (Å²) in [6.07, 6.45) is 6.15. The zero-order valence-electron chi connectivity index (χ0n) is 18.6. The molecule has 0 bridgehead atoms. The van der Waals surface area contributed by atoms with Crippen molar-refractivity contribution in [2.45, 2.75) is 58.9 Å². The van der Waals surface area contributed by atoms with Gasteiger partial charge in [0.25, 0.3) is 0 Å². The van der Waals surface area contributed by atoms with E-state index in [0.29, 0.717) is 24.3 Å². The number of amides is 1. The lowest BCUT2D eigenvalue weighted by Crippen LogP contribution is -2.22. The smallest absolute Gasteiger partial charge is 0.343 e. The zero-order chi connectivity index (χ0) is 22.6. The highest BCUT2D eigenvalue weighted by molar-refractivity contribution is 5.91. The summed E-state index contributed by atoms with van der Waals surface area (Å²) in [4.78, 5) is 24.4. The van der Waals surface area contributed by atoms with E-state index in [4.69, 9.17) is 9.47 Å². The van der Waals surface area contributed by atoms with Crippen molar-refractivity contribution in [3.05, 3.63) is 53.6 Å². The molecule has 0 saturated heterocycles. The maximum absolute atomic E-state index is 12.3. The van der Waals surface area contributed by atoms with Crippen molar-refractivity contribution in [1.82, 2.24) is 5.32 Å². The second-order valence-corrected chi connectivity index (χ2v) is 8.05. The Bertz CT molecular complexity index is 845. The third kappa shape index (κ3) is 8.70. The van der Waals surface area contributed by atoms with E-state index in [2.05, 4.69) is 19.2 Å². The van der Waals surface area contributed by atoms with Crippen LogP contribution in [0.5, 0.6) is 17.2 Å². The lowest BCUT2D eigenvalue weighted by Gasteiger charge is -2.12. The lowest BCUT2D eigenvalue weighted by atomic mass is 10.0. The maximum Gasteiger partial charge on any atom is 0.343 e. The molecule has 2 aromatic carbocycles. The molecule has 0 radical (unpaired) electrons. The van der Waals surface area contributed by atoms with Crippen molar-refractivity contribution in [3.8, 4) is 17.2 Å². The van der Waals surface area contributed by atoms with Crippen molar-refractivity contribution in [2.75, 3.05) is 7.11 Å². The number of carbonyl (C=O) groups is 2. The average Bonchev–Trinajstić information content (AvgIpc) is 2.75. The first-order chi connectivity index (χ1) is 14.9. The molecule has 2 aromatic rings. The van der Waals surface area contributed by atoms with Crippen molar-refractivity contribution in [2.24, 2.45) is 5.92 Å². The first-order valence-corrected chi connectivity index (χ1v) is 10.8. The molecule has 31 heavy (non-hydrogen) atoms. The van der Waals surface area contributed by atoms with Gasteiger partial charge >= 0.3 is 5.97 Å². The van der Waals surface area contributed by atoms with E-state index < -0.39 is 5.97 Å². The van der Waals surface area contributed by atoms with Crippen LogP contribution in [0.3, 0.4) is 0 Å². The van der Waals surface area contributed by atoms with Crippen LogP contribution in [0.4, 0.5) is 0 Å². The normalized spacial score (nSPS) is 10.7. The topological polar surface area (TPSA) is 84.9 Å². The minimum Gasteiger partial charge on any atom is -0.508 e. The summed E-state index contributed by atoms with van der Waals surface area (Å²) in [5, 5.41) is 12.3. The van der Waals surface area contributed by atoms with Crippen LogP contribution in [-0.2, 0) is 11.3 Å². The second-order valence-electron chi connectivity index (χ2n) is 8.05. The van der Waals surface area contributed by atoms with Gasteiger partial charge in [-0.25, -0.2) is 4.79 Å². The molecule has 0 aliphatic rings. The summed E-state index contributed by atoms with van der Waals surface area (Å²) in [5.41, 5.74) is 1.17. The van der Waals surface area contributed by atoms with Crippen LogP contribution in [0.25, 0.3) is 0 Å². The third-order valence-corrected chi connectivity index (χ3v) is 4.96. The van der Waals surface area contributed by atoms with Gasteiger partial charge in [-0.1, -0.05) is 45.6 Å². The molecule has 0 aromatic heterocycles. The summed E-state index contributed by atoms with van der Waals surface area (Å²) in [6.45, 7) is 4.85. The van der Waals surface area contributed by atoms with E-state index in [1.165, 1.54) is 50.6 Å². The highest BCUT2D eigenvalue weighted by Gasteiger charge is 2.13. The molecule has 168 valence electrons. The van der Waals surface area contributed by atoms with E-state index in [9.17, 15) is 14.7 Å². The Morgan fingerprint density at radius 1 is 0.968 bits per heavy atom. The number of carbonyl (C=O) groups excluding carboxylic acids is 2. The van der Waals surface area contributed by atoms with Crippen LogP contribution in [0, 0.1) is 5.92 Å². The number of hydrogen-bond donors (Lipinski definition) is 2. The summed E-state index contributed by atoms with van der Waals surface area (Å²) < 4.78 is 10.7. The van der Waals surface area contributed by atoms with Crippen LogP contribution in [-0.4, -0.2) is 24.1 Å². The van der Waals surface area contributed by atoms with Gasteiger partial charge in [-0.3, -0.25) is 4.79 Å². The fraction of sp³-hybridized carbons (Fsp3) is 0.440. The molecule has 0 saturated carbocycles. The molecule has 2 N–H and O–H groups in total. The number of rotatable bonds is 12. The number of esters is 1. The first-order valence-electron chi connectivity index (χ1n) is 10.8. The molecule has 0 aliphatic carbocycles. The molecule has 0 atom stereocenters. The molecular weight excluding hydrogens is 394 g/mol. The quantitative estimate of drug-likeness (QED) is 0.275. The number of benzene rings is 2. The Balaban J connectivity index is 1.81. The van der Waals surface area contributed by atoms with Crippen molar-refractivity contribution in [1.29, 1.82) is 0 Å². The van der Waals surface area contributed by atoms with Gasteiger partial charge in [-0.15, -0.1) is 0 Å². The van der Waals surface area contributed by atoms with E-state index in [-0.39, 0.29) is 17.4 Å². The number of phenols is 1. The number of ether oxygens (including phenoxy) is 2. The number of unbranched alkanes of at least 4 members (excludes halogenated alkanes) is 3. The molecule has 0 heterocycles. The first kappa shape index (κ1) is 24.3. The number of nitrogens with one attached hydrogen (secondary N) is 1. The minimum atomic E-state index is -0.548. The standard InChI is InChI=1S/C25H33NO5/c1-18(2)8-6-4-5-7-9-24(28)26-17-19-10-15-22(23(16-19)30-3)31-25(29)20-11-13-21(27)14-12-20/h10-16,18,27H,4-9,17H2,1-3H3,(H,26,28). The summed E-state index contributed by atoms with van der Waals surface area (Å²) in [5.74, 6) is 0.995. The highest BCUT2D eigenvalue weighted by atomic mass is 16.6. The van der Waals surface area contributed by atoms with Crippen LogP contribution in [0.1, 0.15) is 68.3 Å². The van der Waals surface area contributed by atoms with Gasteiger partial charge in [0, 0.05) is 13.0 Å². The summed E-state index contributed by atoms with van der Waals surface area (Å²) in [6, 6.07) is 11.0. The van der Waals surface area contributed by atoms with Gasteiger partial charge in [0.05, 0.1) is 12.7 Å². The van der Waals surface area contributed by atoms with Gasteiger partial charge in [-0.2, -0.15) is 0 Å². The molecular formula is C25H33NO5. The fourth-order valence-corrected chi connectivity index (χ4v) is 3.14. The highest BCUT2D eigenvalue weighted by Crippen LogP contribution is 2.29. The second kappa shape index (κ2) is 12.6. The maximum atomic E-state index is 12.3. The van der Waals surface area contributed by atoms with Gasteiger partial charge in [-0.05, 0) is 54.3 Å². The molecule has 2 rings (SSSR count). The third-order valence-electron chi connectivity index (χ3n) is 4.96. The van der Waals surface area contributed by atoms with Crippen molar-refractivity contribution in [3.63, 3.8) is 0 Å². The number of methoxy groups -OCH3 is 1. The Morgan fingerprint density at radius 2 is 1.68 bits per heavy atom. The van der Waals surface area contributed by atoms with Gasteiger partial charge in [0.2, 0.25) is 5.91 Å². The molecule has 0 fully saturated rings. The van der Waals surface area contributed by atoms with Crippen molar-refractivity contribution < 1.29 is 24.2 Å². The molecule has 0 spiro atoms. The monoisotopic (exact) mass is 427 g/mol. The predicted octanol–water partition coefficient (Wildman–Crippen LogP) is 5.23. The molecule has 1 amide bonds. The number of phenolic OH excluding ortho intramolecular Hbond substituents is 1. The predicted molar refractivity (Wildman–Crippen MR) is 120 cm³/mol.